The van der Waals surface area contributed by atoms with Gasteiger partial charge in [0.2, 0.25) is 0 Å². The minimum atomic E-state index is -0.509. The maximum absolute atomic E-state index is 2.63. The van der Waals surface area contributed by atoms with Crippen molar-refractivity contribution in [1.29, 1.82) is 0 Å². The van der Waals surface area contributed by atoms with E-state index in [1.165, 1.54) is 40.8 Å². The molecule has 0 aliphatic heterocycles. The highest BCUT2D eigenvalue weighted by atomic mass is 31.1. The second-order valence-electron chi connectivity index (χ2n) is 13.0. The van der Waals surface area contributed by atoms with E-state index in [0.717, 1.165) is 17.2 Å². The smallest absolute Gasteiger partial charge is 0.00941 e. The maximum atomic E-state index is 2.63. The summed E-state index contributed by atoms with van der Waals surface area (Å²) in [7, 11) is -0.672. The van der Waals surface area contributed by atoms with Gasteiger partial charge < -0.3 is 0 Å². The summed E-state index contributed by atoms with van der Waals surface area (Å²) in [6.07, 6.45) is 4.10. The van der Waals surface area contributed by atoms with Crippen molar-refractivity contribution in [3.05, 3.63) is 84.9 Å². The zero-order chi connectivity index (χ0) is 26.4. The van der Waals surface area contributed by atoms with E-state index in [2.05, 4.69) is 133 Å². The van der Waals surface area contributed by atoms with Gasteiger partial charge in [-0.3, -0.25) is 0 Å². The van der Waals surface area contributed by atoms with Crippen LogP contribution < -0.4 is 10.6 Å². The molecule has 194 valence electrons. The van der Waals surface area contributed by atoms with Crippen LogP contribution in [0.4, 0.5) is 0 Å². The summed E-state index contributed by atoms with van der Waals surface area (Å²) >= 11 is 0. The first-order valence-electron chi connectivity index (χ1n) is 14.1. The first kappa shape index (κ1) is 26.9. The number of fused-ring (bicyclic) bond motifs is 2. The van der Waals surface area contributed by atoms with Crippen LogP contribution in [-0.4, -0.2) is 21.6 Å². The zero-order valence-electron chi connectivity index (χ0n) is 23.8. The number of hydrogen-bond donors (Lipinski definition) is 0. The molecule has 0 aromatic heterocycles. The Hall–Kier alpha value is -1.74. The summed E-state index contributed by atoms with van der Waals surface area (Å²) in [6, 6.07) is 32.3. The van der Waals surface area contributed by atoms with E-state index in [1.807, 2.05) is 0 Å². The molecule has 0 radical (unpaired) electrons. The lowest BCUT2D eigenvalue weighted by Crippen LogP contribution is -2.37. The lowest BCUT2D eigenvalue weighted by molar-refractivity contribution is 0.527. The van der Waals surface area contributed by atoms with Gasteiger partial charge in [-0.05, 0) is 80.5 Å². The molecule has 0 N–H and O–H groups in total. The summed E-state index contributed by atoms with van der Waals surface area (Å²) in [4.78, 5) is 0. The van der Waals surface area contributed by atoms with Crippen LogP contribution >= 0.6 is 15.8 Å². The molecule has 2 unspecified atom stereocenters. The van der Waals surface area contributed by atoms with Crippen LogP contribution in [0.5, 0.6) is 0 Å². The van der Waals surface area contributed by atoms with Gasteiger partial charge >= 0.3 is 0 Å². The highest BCUT2D eigenvalue weighted by Gasteiger charge is 2.46. The van der Waals surface area contributed by atoms with E-state index in [1.54, 1.807) is 10.6 Å². The second-order valence-corrected chi connectivity index (χ2v) is 19.6. The Kier molecular flexibility index (Phi) is 7.57. The molecular formula is C35H44P2. The topological polar surface area (TPSA) is 0 Å². The number of rotatable bonds is 5. The summed E-state index contributed by atoms with van der Waals surface area (Å²) in [5, 5.41) is 9.54. The van der Waals surface area contributed by atoms with Crippen molar-refractivity contribution in [2.45, 2.75) is 89.4 Å². The summed E-state index contributed by atoms with van der Waals surface area (Å²) in [5.41, 5.74) is 1.47. The molecule has 2 heteroatoms. The standard InChI is InChI=1S/C35H44P2/c1-25(37(34(2,3)4)35(5,6)7)28-21-14-24-31(28)36(32-22-12-17-26-15-8-10-19-29(26)32)33-23-13-18-27-16-9-11-20-30(27)33/h8-13,15-20,22-23,25,28,31H,14,21,24H2,1-7H3/t25?,28?,31-/m0/s1. The molecule has 4 aromatic carbocycles. The van der Waals surface area contributed by atoms with Gasteiger partial charge in [-0.25, -0.2) is 0 Å². The van der Waals surface area contributed by atoms with E-state index in [0.29, 0.717) is 10.3 Å². The normalized spacial score (nSPS) is 19.8. The molecule has 1 aliphatic carbocycles. The fourth-order valence-electron chi connectivity index (χ4n) is 7.60. The van der Waals surface area contributed by atoms with E-state index < -0.39 is 7.92 Å². The molecule has 1 fully saturated rings. The van der Waals surface area contributed by atoms with Crippen LogP contribution in [0.2, 0.25) is 0 Å². The zero-order valence-corrected chi connectivity index (χ0v) is 25.6. The summed E-state index contributed by atoms with van der Waals surface area (Å²) in [5.74, 6) is 0.772. The Morgan fingerprint density at radius 3 is 1.57 bits per heavy atom. The molecular weight excluding hydrogens is 482 g/mol. The molecule has 5 rings (SSSR count). The minimum absolute atomic E-state index is 0.163. The Morgan fingerprint density at radius 1 is 0.622 bits per heavy atom. The molecule has 0 spiro atoms. The Balaban J connectivity index is 1.70. The fraction of sp³-hybridized carbons (Fsp3) is 0.429. The highest BCUT2D eigenvalue weighted by Crippen LogP contribution is 2.67. The van der Waals surface area contributed by atoms with Gasteiger partial charge in [-0.15, -0.1) is 0 Å². The van der Waals surface area contributed by atoms with Crippen molar-refractivity contribution < 1.29 is 0 Å². The van der Waals surface area contributed by atoms with Crippen LogP contribution in [0, 0.1) is 5.92 Å². The molecule has 0 heterocycles. The van der Waals surface area contributed by atoms with Crippen LogP contribution in [0.1, 0.15) is 67.7 Å². The van der Waals surface area contributed by atoms with E-state index in [-0.39, 0.29) is 7.92 Å². The minimum Gasteiger partial charge on any atom is -0.0924 e. The van der Waals surface area contributed by atoms with Gasteiger partial charge in [0.25, 0.3) is 0 Å². The molecule has 0 nitrogen and oxygen atoms in total. The molecule has 37 heavy (non-hydrogen) atoms. The van der Waals surface area contributed by atoms with Crippen molar-refractivity contribution in [2.24, 2.45) is 5.92 Å². The quantitative estimate of drug-likeness (QED) is 0.227. The van der Waals surface area contributed by atoms with Gasteiger partial charge in [-0.2, -0.15) is 0 Å². The molecule has 0 saturated heterocycles. The lowest BCUT2D eigenvalue weighted by Gasteiger charge is -2.49. The Bertz CT molecular complexity index is 1270. The number of benzene rings is 4. The molecule has 4 aromatic rings. The summed E-state index contributed by atoms with van der Waals surface area (Å²) < 4.78 is 0. The predicted octanol–water partition coefficient (Wildman–Crippen LogP) is 10.1. The van der Waals surface area contributed by atoms with Gasteiger partial charge in [0.1, 0.15) is 0 Å². The SMILES string of the molecule is CC(C1CCC[C@@H]1P(c1cccc2ccccc12)c1cccc2ccccc12)P(C(C)(C)C)C(C)(C)C. The predicted molar refractivity (Wildman–Crippen MR) is 171 cm³/mol. The van der Waals surface area contributed by atoms with Crippen LogP contribution in [-0.2, 0) is 0 Å². The summed E-state index contributed by atoms with van der Waals surface area (Å²) in [6.45, 7) is 17.6. The van der Waals surface area contributed by atoms with Crippen LogP contribution in [0.3, 0.4) is 0 Å². The van der Waals surface area contributed by atoms with Crippen molar-refractivity contribution in [3.8, 4) is 0 Å². The average Bonchev–Trinajstić information content (AvgIpc) is 3.32. The van der Waals surface area contributed by atoms with Crippen molar-refractivity contribution in [3.63, 3.8) is 0 Å². The highest BCUT2D eigenvalue weighted by molar-refractivity contribution is 7.74. The van der Waals surface area contributed by atoms with Crippen LogP contribution in [0.15, 0.2) is 84.9 Å². The van der Waals surface area contributed by atoms with Crippen molar-refractivity contribution in [1.82, 2.24) is 0 Å². The molecule has 0 bridgehead atoms. The van der Waals surface area contributed by atoms with Crippen molar-refractivity contribution in [2.75, 3.05) is 0 Å². The largest absolute Gasteiger partial charge is 0.0924 e. The molecule has 1 saturated carbocycles. The van der Waals surface area contributed by atoms with Gasteiger partial charge in [0.05, 0.1) is 0 Å². The van der Waals surface area contributed by atoms with E-state index >= 15 is 0 Å². The molecule has 3 atom stereocenters. The first-order chi connectivity index (χ1) is 17.6. The second kappa shape index (κ2) is 10.4. The molecule has 1 aliphatic rings. The van der Waals surface area contributed by atoms with E-state index in [4.69, 9.17) is 0 Å². The fourth-order valence-corrected chi connectivity index (χ4v) is 16.6. The average molecular weight is 527 g/mol. The first-order valence-corrected chi connectivity index (χ1v) is 16.9. The lowest BCUT2D eigenvalue weighted by atomic mass is 10.0. The molecule has 0 amide bonds. The van der Waals surface area contributed by atoms with Gasteiger partial charge in [-0.1, -0.05) is 148 Å². The third-order valence-electron chi connectivity index (χ3n) is 8.39. The maximum Gasteiger partial charge on any atom is -0.00941 e. The third-order valence-corrected chi connectivity index (χ3v) is 15.6. The Morgan fingerprint density at radius 2 is 1.08 bits per heavy atom. The number of hydrogen-bond acceptors (Lipinski definition) is 0. The van der Waals surface area contributed by atoms with Crippen molar-refractivity contribution >= 4 is 48.0 Å². The van der Waals surface area contributed by atoms with Gasteiger partial charge in [0.15, 0.2) is 0 Å². The Labute approximate surface area is 227 Å². The third kappa shape index (κ3) is 5.27. The van der Waals surface area contributed by atoms with Crippen LogP contribution in [0.25, 0.3) is 21.5 Å². The van der Waals surface area contributed by atoms with Gasteiger partial charge in [0, 0.05) is 0 Å². The van der Waals surface area contributed by atoms with E-state index in [9.17, 15) is 0 Å². The monoisotopic (exact) mass is 526 g/mol.